The molecule has 3 aromatic rings. The van der Waals surface area contributed by atoms with Crippen LogP contribution in [0.25, 0.3) is 0 Å². The summed E-state index contributed by atoms with van der Waals surface area (Å²) in [5.41, 5.74) is 1.95. The molecule has 0 fully saturated rings. The van der Waals surface area contributed by atoms with Crippen molar-refractivity contribution in [3.63, 3.8) is 0 Å². The van der Waals surface area contributed by atoms with Gasteiger partial charge in [0.25, 0.3) is 11.8 Å². The number of ether oxygens (including phenoxy) is 3. The summed E-state index contributed by atoms with van der Waals surface area (Å²) in [5, 5.41) is 5.59. The molecule has 7 heteroatoms. The Morgan fingerprint density at radius 2 is 1.41 bits per heavy atom. The maximum absolute atomic E-state index is 12.6. The zero-order valence-electron chi connectivity index (χ0n) is 15.6. The molecule has 2 amide bonds. The summed E-state index contributed by atoms with van der Waals surface area (Å²) < 4.78 is 15.7. The summed E-state index contributed by atoms with van der Waals surface area (Å²) in [4.78, 5) is 25.1. The van der Waals surface area contributed by atoms with E-state index in [2.05, 4.69) is 10.6 Å². The molecule has 0 saturated carbocycles. The topological polar surface area (TPSA) is 85.9 Å². The number of rotatable bonds is 5. The second-order valence-electron chi connectivity index (χ2n) is 6.29. The van der Waals surface area contributed by atoms with Crippen LogP contribution in [0.4, 0.5) is 11.4 Å². The smallest absolute Gasteiger partial charge is 0.255 e. The first kappa shape index (κ1) is 18.4. The van der Waals surface area contributed by atoms with Gasteiger partial charge in [0.05, 0.1) is 7.11 Å². The van der Waals surface area contributed by atoms with Gasteiger partial charge >= 0.3 is 0 Å². The number of hydrogen-bond acceptors (Lipinski definition) is 5. The quantitative estimate of drug-likeness (QED) is 0.689. The van der Waals surface area contributed by atoms with E-state index in [1.54, 1.807) is 73.8 Å². The first-order chi connectivity index (χ1) is 14.1. The third-order valence-electron chi connectivity index (χ3n) is 4.37. The molecule has 0 aliphatic carbocycles. The number of methoxy groups -OCH3 is 1. The van der Waals surface area contributed by atoms with E-state index in [9.17, 15) is 9.59 Å². The molecular formula is C22H18N2O5. The molecule has 1 heterocycles. The fourth-order valence-electron chi connectivity index (χ4n) is 2.86. The Morgan fingerprint density at radius 1 is 0.793 bits per heavy atom. The van der Waals surface area contributed by atoms with Crippen molar-refractivity contribution in [1.82, 2.24) is 0 Å². The summed E-state index contributed by atoms with van der Waals surface area (Å²) in [6.07, 6.45) is 0. The van der Waals surface area contributed by atoms with E-state index in [0.29, 0.717) is 39.8 Å². The average Bonchev–Trinajstić information content (AvgIpc) is 3.22. The lowest BCUT2D eigenvalue weighted by molar-refractivity contribution is 0.102. The number of benzene rings is 3. The lowest BCUT2D eigenvalue weighted by Gasteiger charge is -2.09. The highest BCUT2D eigenvalue weighted by atomic mass is 16.7. The highest BCUT2D eigenvalue weighted by molar-refractivity contribution is 6.08. The molecule has 0 unspecified atom stereocenters. The van der Waals surface area contributed by atoms with Crippen molar-refractivity contribution in [2.24, 2.45) is 0 Å². The Morgan fingerprint density at radius 3 is 2.10 bits per heavy atom. The Labute approximate surface area is 167 Å². The number of carbonyl (C=O) groups is 2. The van der Waals surface area contributed by atoms with E-state index in [1.807, 2.05) is 0 Å². The lowest BCUT2D eigenvalue weighted by atomic mass is 10.1. The van der Waals surface area contributed by atoms with Crippen molar-refractivity contribution in [3.8, 4) is 17.2 Å². The minimum atomic E-state index is -0.331. The molecular weight excluding hydrogens is 372 g/mol. The number of amides is 2. The van der Waals surface area contributed by atoms with Crippen molar-refractivity contribution in [2.45, 2.75) is 0 Å². The predicted molar refractivity (Wildman–Crippen MR) is 108 cm³/mol. The molecule has 4 rings (SSSR count). The van der Waals surface area contributed by atoms with Gasteiger partial charge in [-0.15, -0.1) is 0 Å². The Kier molecular flexibility index (Phi) is 5.03. The van der Waals surface area contributed by atoms with Gasteiger partial charge in [-0.3, -0.25) is 9.59 Å². The second-order valence-corrected chi connectivity index (χ2v) is 6.29. The van der Waals surface area contributed by atoms with Gasteiger partial charge in [-0.05, 0) is 54.6 Å². The number of carbonyl (C=O) groups excluding carboxylic acids is 2. The van der Waals surface area contributed by atoms with E-state index in [4.69, 9.17) is 14.2 Å². The van der Waals surface area contributed by atoms with Gasteiger partial charge in [-0.25, -0.2) is 0 Å². The Bertz CT molecular complexity index is 1060. The van der Waals surface area contributed by atoms with Gasteiger partial charge in [-0.1, -0.05) is 6.07 Å². The molecule has 0 atom stereocenters. The number of fused-ring (bicyclic) bond motifs is 1. The van der Waals surface area contributed by atoms with Crippen molar-refractivity contribution in [1.29, 1.82) is 0 Å². The van der Waals surface area contributed by atoms with E-state index < -0.39 is 0 Å². The SMILES string of the molecule is COc1ccc(NC(=O)c2cccc(C(=O)Nc3ccc4c(c3)OCO4)c2)cc1. The van der Waals surface area contributed by atoms with E-state index in [0.717, 1.165) is 0 Å². The zero-order chi connectivity index (χ0) is 20.2. The standard InChI is InChI=1S/C22H18N2O5/c1-27-18-8-5-16(6-9-18)23-21(25)14-3-2-4-15(11-14)22(26)24-17-7-10-19-20(12-17)29-13-28-19/h2-12H,13H2,1H3,(H,23,25)(H,24,26). The fraction of sp³-hybridized carbons (Fsp3) is 0.0909. The molecule has 0 bridgehead atoms. The van der Waals surface area contributed by atoms with E-state index in [-0.39, 0.29) is 18.6 Å². The van der Waals surface area contributed by atoms with Gasteiger partial charge in [-0.2, -0.15) is 0 Å². The number of hydrogen-bond donors (Lipinski definition) is 2. The highest BCUT2D eigenvalue weighted by Crippen LogP contribution is 2.34. The van der Waals surface area contributed by atoms with Crippen LogP contribution in [0.15, 0.2) is 66.7 Å². The van der Waals surface area contributed by atoms with Crippen molar-refractivity contribution in [3.05, 3.63) is 77.9 Å². The molecule has 1 aliphatic rings. The molecule has 0 saturated heterocycles. The van der Waals surface area contributed by atoms with Crippen molar-refractivity contribution < 1.29 is 23.8 Å². The first-order valence-electron chi connectivity index (χ1n) is 8.89. The highest BCUT2D eigenvalue weighted by Gasteiger charge is 2.15. The van der Waals surface area contributed by atoms with Crippen LogP contribution in [0.2, 0.25) is 0 Å². The lowest BCUT2D eigenvalue weighted by Crippen LogP contribution is -2.15. The summed E-state index contributed by atoms with van der Waals surface area (Å²) in [5.74, 6) is 1.27. The summed E-state index contributed by atoms with van der Waals surface area (Å²) in [6, 6.07) is 18.7. The molecule has 0 spiro atoms. The monoisotopic (exact) mass is 390 g/mol. The Balaban J connectivity index is 1.45. The Hall–Kier alpha value is -4.00. The first-order valence-corrected chi connectivity index (χ1v) is 8.89. The molecule has 3 aromatic carbocycles. The fourth-order valence-corrected chi connectivity index (χ4v) is 2.86. The number of anilines is 2. The van der Waals surface area contributed by atoms with Gasteiger partial charge in [0, 0.05) is 28.6 Å². The third-order valence-corrected chi connectivity index (χ3v) is 4.37. The van der Waals surface area contributed by atoms with Crippen LogP contribution >= 0.6 is 0 Å². The van der Waals surface area contributed by atoms with Crippen LogP contribution in [0.3, 0.4) is 0 Å². The molecule has 0 aromatic heterocycles. The van der Waals surface area contributed by atoms with Gasteiger partial charge in [0.1, 0.15) is 5.75 Å². The maximum Gasteiger partial charge on any atom is 0.255 e. The molecule has 146 valence electrons. The minimum Gasteiger partial charge on any atom is -0.497 e. The van der Waals surface area contributed by atoms with Crippen molar-refractivity contribution in [2.75, 3.05) is 24.5 Å². The van der Waals surface area contributed by atoms with E-state index in [1.165, 1.54) is 0 Å². The van der Waals surface area contributed by atoms with Crippen LogP contribution in [-0.4, -0.2) is 25.7 Å². The summed E-state index contributed by atoms with van der Waals surface area (Å²) in [7, 11) is 1.58. The van der Waals surface area contributed by atoms with Crippen LogP contribution in [0.1, 0.15) is 20.7 Å². The molecule has 29 heavy (non-hydrogen) atoms. The van der Waals surface area contributed by atoms with Crippen molar-refractivity contribution >= 4 is 23.2 Å². The summed E-state index contributed by atoms with van der Waals surface area (Å²) >= 11 is 0. The zero-order valence-corrected chi connectivity index (χ0v) is 15.6. The normalized spacial score (nSPS) is 11.6. The molecule has 7 nitrogen and oxygen atoms in total. The predicted octanol–water partition coefficient (Wildman–Crippen LogP) is 3.93. The van der Waals surface area contributed by atoms with Crippen LogP contribution in [0.5, 0.6) is 17.2 Å². The summed E-state index contributed by atoms with van der Waals surface area (Å²) in [6.45, 7) is 0.165. The number of nitrogens with one attached hydrogen (secondary N) is 2. The molecule has 0 radical (unpaired) electrons. The maximum atomic E-state index is 12.6. The minimum absolute atomic E-state index is 0.165. The van der Waals surface area contributed by atoms with E-state index >= 15 is 0 Å². The van der Waals surface area contributed by atoms with Gasteiger partial charge < -0.3 is 24.8 Å². The molecule has 1 aliphatic heterocycles. The van der Waals surface area contributed by atoms with Crippen LogP contribution in [0, 0.1) is 0 Å². The molecule has 2 N–H and O–H groups in total. The second kappa shape index (κ2) is 7.93. The van der Waals surface area contributed by atoms with Gasteiger partial charge in [0.2, 0.25) is 6.79 Å². The largest absolute Gasteiger partial charge is 0.497 e. The van der Waals surface area contributed by atoms with Crippen LogP contribution in [-0.2, 0) is 0 Å². The average molecular weight is 390 g/mol. The van der Waals surface area contributed by atoms with Gasteiger partial charge in [0.15, 0.2) is 11.5 Å². The third kappa shape index (κ3) is 4.14. The van der Waals surface area contributed by atoms with Crippen LogP contribution < -0.4 is 24.8 Å².